The van der Waals surface area contributed by atoms with Gasteiger partial charge in [0.25, 0.3) is 5.91 Å². The Morgan fingerprint density at radius 2 is 1.85 bits per heavy atom. The summed E-state index contributed by atoms with van der Waals surface area (Å²) in [4.78, 5) is 14.5. The fourth-order valence-corrected chi connectivity index (χ4v) is 3.88. The number of nitrogens with zero attached hydrogens (tertiary/aromatic N) is 1. The molecule has 0 atom stereocenters. The number of rotatable bonds is 8. The lowest BCUT2D eigenvalue weighted by atomic mass is 10.1. The third-order valence-corrected chi connectivity index (χ3v) is 5.41. The van der Waals surface area contributed by atoms with E-state index in [1.807, 2.05) is 0 Å². The maximum absolute atomic E-state index is 12.8. The number of hydrogen-bond acceptors (Lipinski definition) is 5. The molecule has 0 aliphatic heterocycles. The van der Waals surface area contributed by atoms with Crippen molar-refractivity contribution in [2.75, 3.05) is 20.3 Å². The number of hydrogen-bond donors (Lipinski definition) is 1. The molecule has 0 saturated carbocycles. The highest BCUT2D eigenvalue weighted by Gasteiger charge is 2.23. The molecule has 27 heavy (non-hydrogen) atoms. The summed E-state index contributed by atoms with van der Waals surface area (Å²) >= 11 is 0. The Kier molecular flexibility index (Phi) is 6.80. The van der Waals surface area contributed by atoms with Gasteiger partial charge in [-0.2, -0.15) is 0 Å². The molecule has 0 aliphatic carbocycles. The van der Waals surface area contributed by atoms with Gasteiger partial charge in [0.05, 0.1) is 24.3 Å². The second kappa shape index (κ2) is 8.69. The molecule has 2 aromatic rings. The monoisotopic (exact) mass is 394 g/mol. The predicted octanol–water partition coefficient (Wildman–Crippen LogP) is 2.65. The van der Waals surface area contributed by atoms with E-state index in [2.05, 4.69) is 4.72 Å². The molecule has 7 nitrogen and oxygen atoms in total. The molecule has 1 heterocycles. The van der Waals surface area contributed by atoms with Gasteiger partial charge < -0.3 is 14.1 Å². The van der Waals surface area contributed by atoms with Crippen LogP contribution in [0, 0.1) is 0 Å². The maximum Gasteiger partial charge on any atom is 0.254 e. The van der Waals surface area contributed by atoms with Crippen LogP contribution in [0.15, 0.2) is 52.0 Å². The van der Waals surface area contributed by atoms with Crippen LogP contribution in [0.4, 0.5) is 0 Å². The van der Waals surface area contributed by atoms with Gasteiger partial charge in [-0.1, -0.05) is 0 Å². The molecular weight excluding hydrogens is 368 g/mol. The Labute approximate surface area is 160 Å². The average molecular weight is 394 g/mol. The highest BCUT2D eigenvalue weighted by Crippen LogP contribution is 2.16. The van der Waals surface area contributed by atoms with Gasteiger partial charge in [0, 0.05) is 24.8 Å². The average Bonchev–Trinajstić information content (AvgIpc) is 3.09. The summed E-state index contributed by atoms with van der Waals surface area (Å²) in [5.41, 5.74) is -0.194. The highest BCUT2D eigenvalue weighted by molar-refractivity contribution is 7.89. The molecule has 1 amide bonds. The van der Waals surface area contributed by atoms with Gasteiger partial charge in [-0.25, -0.2) is 13.1 Å². The van der Waals surface area contributed by atoms with Gasteiger partial charge >= 0.3 is 0 Å². The smallest absolute Gasteiger partial charge is 0.254 e. The molecule has 0 bridgehead atoms. The van der Waals surface area contributed by atoms with Gasteiger partial charge in [-0.3, -0.25) is 4.79 Å². The molecule has 8 heteroatoms. The fraction of sp³-hybridized carbons (Fsp3) is 0.421. The van der Waals surface area contributed by atoms with Crippen molar-refractivity contribution in [1.29, 1.82) is 0 Å². The van der Waals surface area contributed by atoms with Crippen molar-refractivity contribution < 1.29 is 22.4 Å². The Hall–Kier alpha value is -2.16. The van der Waals surface area contributed by atoms with Crippen LogP contribution in [0.5, 0.6) is 0 Å². The normalized spacial score (nSPS) is 12.1. The number of sulfonamides is 1. The van der Waals surface area contributed by atoms with E-state index in [0.29, 0.717) is 31.0 Å². The van der Waals surface area contributed by atoms with Gasteiger partial charge in [0.2, 0.25) is 10.0 Å². The molecular formula is C19H26N2O5S. The number of furan rings is 1. The fourth-order valence-electron chi connectivity index (χ4n) is 2.47. The minimum atomic E-state index is -3.65. The Balaban J connectivity index is 2.18. The number of carbonyl (C=O) groups excluding carboxylic acids is 1. The van der Waals surface area contributed by atoms with Crippen LogP contribution in [0.2, 0.25) is 0 Å². The molecule has 0 aliphatic rings. The van der Waals surface area contributed by atoms with E-state index < -0.39 is 15.6 Å². The summed E-state index contributed by atoms with van der Waals surface area (Å²) in [5.74, 6) is 0.434. The second-order valence-electron chi connectivity index (χ2n) is 7.18. The molecule has 0 radical (unpaired) electrons. The number of benzene rings is 1. The van der Waals surface area contributed by atoms with Crippen LogP contribution in [0.25, 0.3) is 0 Å². The van der Waals surface area contributed by atoms with Crippen molar-refractivity contribution in [3.8, 4) is 0 Å². The lowest BCUT2D eigenvalue weighted by Gasteiger charge is -2.22. The summed E-state index contributed by atoms with van der Waals surface area (Å²) in [6.07, 6.45) is 1.55. The SMILES string of the molecule is COCCN(Cc1ccco1)C(=O)c1ccc(S(=O)(=O)NC(C)(C)C)cc1. The Morgan fingerprint density at radius 1 is 1.19 bits per heavy atom. The minimum absolute atomic E-state index is 0.114. The van der Waals surface area contributed by atoms with Crippen LogP contribution >= 0.6 is 0 Å². The number of nitrogens with one attached hydrogen (secondary N) is 1. The van der Waals surface area contributed by atoms with Gasteiger partial charge in [-0.05, 0) is 57.2 Å². The van der Waals surface area contributed by atoms with Crippen LogP contribution in [0.3, 0.4) is 0 Å². The minimum Gasteiger partial charge on any atom is -0.467 e. The first-order chi connectivity index (χ1) is 12.6. The molecule has 0 unspecified atom stereocenters. The van der Waals surface area contributed by atoms with Gasteiger partial charge in [0.1, 0.15) is 5.76 Å². The number of carbonyl (C=O) groups is 1. The summed E-state index contributed by atoms with van der Waals surface area (Å²) in [7, 11) is -2.08. The summed E-state index contributed by atoms with van der Waals surface area (Å²) in [6.45, 7) is 6.39. The summed E-state index contributed by atoms with van der Waals surface area (Å²) in [5, 5.41) is 0. The molecule has 148 valence electrons. The first kappa shape index (κ1) is 21.1. The standard InChI is InChI=1S/C19H26N2O5S/c1-19(2,3)20-27(23,24)17-9-7-15(8-10-17)18(22)21(11-13-25-4)14-16-6-5-12-26-16/h5-10,12,20H,11,13-14H2,1-4H3. The zero-order valence-electron chi connectivity index (χ0n) is 16.1. The lowest BCUT2D eigenvalue weighted by molar-refractivity contribution is 0.0666. The first-order valence-corrected chi connectivity index (χ1v) is 10.1. The largest absolute Gasteiger partial charge is 0.467 e. The predicted molar refractivity (Wildman–Crippen MR) is 102 cm³/mol. The number of ether oxygens (including phenoxy) is 1. The molecule has 2 rings (SSSR count). The Bertz CT molecular complexity index is 837. The third-order valence-electron chi connectivity index (χ3n) is 3.63. The van der Waals surface area contributed by atoms with Crippen LogP contribution in [0.1, 0.15) is 36.9 Å². The van der Waals surface area contributed by atoms with Gasteiger partial charge in [0.15, 0.2) is 0 Å². The van der Waals surface area contributed by atoms with Crippen molar-refractivity contribution >= 4 is 15.9 Å². The molecule has 0 saturated heterocycles. The zero-order valence-corrected chi connectivity index (χ0v) is 16.9. The maximum atomic E-state index is 12.8. The van der Waals surface area contributed by atoms with Crippen LogP contribution in [-0.2, 0) is 21.3 Å². The van der Waals surface area contributed by atoms with E-state index in [9.17, 15) is 13.2 Å². The molecule has 1 N–H and O–H groups in total. The Morgan fingerprint density at radius 3 is 2.37 bits per heavy atom. The van der Waals surface area contributed by atoms with E-state index in [1.165, 1.54) is 24.3 Å². The van der Waals surface area contributed by atoms with Crippen molar-refractivity contribution in [1.82, 2.24) is 9.62 Å². The van der Waals surface area contributed by atoms with Crippen molar-refractivity contribution in [3.05, 3.63) is 54.0 Å². The third kappa shape index (κ3) is 6.20. The highest BCUT2D eigenvalue weighted by atomic mass is 32.2. The second-order valence-corrected chi connectivity index (χ2v) is 8.86. The number of amides is 1. The zero-order chi connectivity index (χ0) is 20.1. The van der Waals surface area contributed by atoms with Crippen molar-refractivity contribution in [2.45, 2.75) is 37.8 Å². The van der Waals surface area contributed by atoms with Crippen LogP contribution < -0.4 is 4.72 Å². The van der Waals surface area contributed by atoms with E-state index in [4.69, 9.17) is 9.15 Å². The molecule has 0 fully saturated rings. The molecule has 1 aromatic carbocycles. The summed E-state index contributed by atoms with van der Waals surface area (Å²) < 4.78 is 37.7. The van der Waals surface area contributed by atoms with Crippen molar-refractivity contribution in [2.24, 2.45) is 0 Å². The van der Waals surface area contributed by atoms with E-state index >= 15 is 0 Å². The van der Waals surface area contributed by atoms with Crippen LogP contribution in [-0.4, -0.2) is 45.0 Å². The first-order valence-electron chi connectivity index (χ1n) is 8.57. The number of methoxy groups -OCH3 is 1. The molecule has 0 spiro atoms. The van der Waals surface area contributed by atoms with E-state index in [0.717, 1.165) is 0 Å². The summed E-state index contributed by atoms with van der Waals surface area (Å²) in [6, 6.07) is 9.45. The van der Waals surface area contributed by atoms with Crippen molar-refractivity contribution in [3.63, 3.8) is 0 Å². The topological polar surface area (TPSA) is 88.8 Å². The van der Waals surface area contributed by atoms with E-state index in [1.54, 1.807) is 51.2 Å². The lowest BCUT2D eigenvalue weighted by Crippen LogP contribution is -2.40. The molecule has 1 aromatic heterocycles. The van der Waals surface area contributed by atoms with E-state index in [-0.39, 0.29) is 10.8 Å². The quantitative estimate of drug-likeness (QED) is 0.743. The van der Waals surface area contributed by atoms with Gasteiger partial charge in [-0.15, -0.1) is 0 Å².